The third-order valence-corrected chi connectivity index (χ3v) is 5.50. The monoisotopic (exact) mass is 370 g/mol. The maximum absolute atomic E-state index is 10.2. The number of rotatable bonds is 4. The smallest absolute Gasteiger partial charge is 0.154 e. The lowest BCUT2D eigenvalue weighted by molar-refractivity contribution is 0.0197. The first-order chi connectivity index (χ1) is 12.4. The molecule has 0 saturated heterocycles. The summed E-state index contributed by atoms with van der Waals surface area (Å²) in [5, 5.41) is 19.2. The Kier molecular flexibility index (Phi) is 4.37. The van der Waals surface area contributed by atoms with Crippen molar-refractivity contribution in [2.24, 2.45) is 5.92 Å². The molecule has 1 aromatic carbocycles. The minimum atomic E-state index is -0.627. The molecule has 0 aliphatic heterocycles. The average molecular weight is 371 g/mol. The van der Waals surface area contributed by atoms with Gasteiger partial charge < -0.3 is 10.4 Å². The van der Waals surface area contributed by atoms with E-state index in [0.29, 0.717) is 17.0 Å². The zero-order valence-corrected chi connectivity index (χ0v) is 15.7. The lowest BCUT2D eigenvalue weighted by Gasteiger charge is -2.25. The topological polar surface area (TPSA) is 62.5 Å². The van der Waals surface area contributed by atoms with Crippen molar-refractivity contribution in [1.29, 1.82) is 0 Å². The number of anilines is 1. The fourth-order valence-electron chi connectivity index (χ4n) is 3.76. The number of halogens is 1. The van der Waals surface area contributed by atoms with Crippen molar-refractivity contribution < 1.29 is 5.11 Å². The van der Waals surface area contributed by atoms with E-state index in [2.05, 4.69) is 10.3 Å². The van der Waals surface area contributed by atoms with Gasteiger partial charge in [0, 0.05) is 16.6 Å². The van der Waals surface area contributed by atoms with Gasteiger partial charge in [-0.25, -0.2) is 9.50 Å². The second-order valence-corrected chi connectivity index (χ2v) is 8.08. The van der Waals surface area contributed by atoms with Crippen LogP contribution in [0.1, 0.15) is 33.1 Å². The van der Waals surface area contributed by atoms with Crippen LogP contribution >= 0.6 is 11.6 Å². The first-order valence-electron chi connectivity index (χ1n) is 9.00. The predicted molar refractivity (Wildman–Crippen MR) is 104 cm³/mol. The van der Waals surface area contributed by atoms with Gasteiger partial charge in [-0.1, -0.05) is 23.7 Å². The van der Waals surface area contributed by atoms with E-state index in [1.165, 1.54) is 0 Å². The first kappa shape index (κ1) is 17.3. The lowest BCUT2D eigenvalue weighted by Crippen LogP contribution is -2.30. The van der Waals surface area contributed by atoms with Gasteiger partial charge in [0.2, 0.25) is 0 Å². The Hall–Kier alpha value is -2.11. The summed E-state index contributed by atoms with van der Waals surface area (Å²) >= 11 is 6.13. The van der Waals surface area contributed by atoms with Crippen LogP contribution in [0.3, 0.4) is 0 Å². The number of hydrogen-bond acceptors (Lipinski definition) is 4. The van der Waals surface area contributed by atoms with E-state index in [1.807, 2.05) is 61.0 Å². The van der Waals surface area contributed by atoms with Gasteiger partial charge in [-0.2, -0.15) is 0 Å². The second kappa shape index (κ2) is 6.56. The molecule has 1 aliphatic rings. The molecular formula is C20H23ClN4O. The van der Waals surface area contributed by atoms with Crippen molar-refractivity contribution in [2.45, 2.75) is 44.8 Å². The van der Waals surface area contributed by atoms with Gasteiger partial charge in [-0.15, -0.1) is 5.10 Å². The molecule has 2 atom stereocenters. The summed E-state index contributed by atoms with van der Waals surface area (Å²) in [7, 11) is 0. The Morgan fingerprint density at radius 2 is 2.08 bits per heavy atom. The van der Waals surface area contributed by atoms with Gasteiger partial charge in [0.05, 0.1) is 17.5 Å². The van der Waals surface area contributed by atoms with Crippen LogP contribution in [0.2, 0.25) is 5.02 Å². The molecule has 3 aromatic rings. The summed E-state index contributed by atoms with van der Waals surface area (Å²) in [4.78, 5) is 4.44. The maximum atomic E-state index is 10.2. The highest BCUT2D eigenvalue weighted by Gasteiger charge is 2.34. The Morgan fingerprint density at radius 3 is 2.81 bits per heavy atom. The molecule has 2 N–H and O–H groups in total. The fraction of sp³-hybridized carbons (Fsp3) is 0.400. The largest absolute Gasteiger partial charge is 0.390 e. The normalized spacial score (nSPS) is 20.6. The molecule has 4 rings (SSSR count). The summed E-state index contributed by atoms with van der Waals surface area (Å²) in [6.45, 7) is 3.79. The molecule has 26 heavy (non-hydrogen) atoms. The maximum Gasteiger partial charge on any atom is 0.154 e. The van der Waals surface area contributed by atoms with Crippen LogP contribution in [0, 0.1) is 5.92 Å². The van der Waals surface area contributed by atoms with Crippen molar-refractivity contribution in [2.75, 3.05) is 5.32 Å². The third kappa shape index (κ3) is 3.41. The zero-order chi connectivity index (χ0) is 18.3. The molecule has 2 heterocycles. The highest BCUT2D eigenvalue weighted by molar-refractivity contribution is 6.30. The van der Waals surface area contributed by atoms with Crippen molar-refractivity contribution in [3.05, 3.63) is 47.6 Å². The number of aromatic nitrogens is 3. The molecule has 1 fully saturated rings. The SMILES string of the molecule is CC(C)(O)[C@@H]1CC[C@@H](Nc2ccc3ncc(-c4cccc(Cl)c4)n3n2)C1. The van der Waals surface area contributed by atoms with Gasteiger partial charge in [0.1, 0.15) is 5.82 Å². The minimum Gasteiger partial charge on any atom is -0.390 e. The highest BCUT2D eigenvalue weighted by Crippen LogP contribution is 2.35. The van der Waals surface area contributed by atoms with E-state index >= 15 is 0 Å². The molecule has 0 radical (unpaired) electrons. The number of hydrogen-bond donors (Lipinski definition) is 2. The Balaban J connectivity index is 1.59. The summed E-state index contributed by atoms with van der Waals surface area (Å²) in [6, 6.07) is 11.9. The van der Waals surface area contributed by atoms with Crippen LogP contribution in [0.25, 0.3) is 16.9 Å². The molecule has 2 aromatic heterocycles. The molecule has 0 amide bonds. The molecule has 0 unspecified atom stereocenters. The fourth-order valence-corrected chi connectivity index (χ4v) is 3.95. The number of benzene rings is 1. The van der Waals surface area contributed by atoms with Gasteiger partial charge in [0.15, 0.2) is 5.65 Å². The van der Waals surface area contributed by atoms with Crippen LogP contribution in [-0.2, 0) is 0 Å². The highest BCUT2D eigenvalue weighted by atomic mass is 35.5. The van der Waals surface area contributed by atoms with Crippen LogP contribution in [-0.4, -0.2) is 31.3 Å². The standard InChI is InChI=1S/C20H23ClN4O/c1-20(2,26)14-6-7-16(11-14)23-18-8-9-19-22-12-17(25(19)24-18)13-4-3-5-15(21)10-13/h3-5,8-10,12,14,16,26H,6-7,11H2,1-2H3,(H,23,24)/t14-,16-/m1/s1. The lowest BCUT2D eigenvalue weighted by atomic mass is 9.89. The quantitative estimate of drug-likeness (QED) is 0.714. The van der Waals surface area contributed by atoms with Gasteiger partial charge >= 0.3 is 0 Å². The molecule has 5 nitrogen and oxygen atoms in total. The van der Waals surface area contributed by atoms with E-state index < -0.39 is 5.60 Å². The van der Waals surface area contributed by atoms with E-state index in [0.717, 1.165) is 42.0 Å². The van der Waals surface area contributed by atoms with Gasteiger partial charge in [-0.3, -0.25) is 0 Å². The van der Waals surface area contributed by atoms with Crippen LogP contribution in [0.5, 0.6) is 0 Å². The van der Waals surface area contributed by atoms with Crippen molar-refractivity contribution in [3.63, 3.8) is 0 Å². The molecule has 0 spiro atoms. The Bertz CT molecular complexity index is 931. The number of fused-ring (bicyclic) bond motifs is 1. The van der Waals surface area contributed by atoms with E-state index in [4.69, 9.17) is 16.7 Å². The van der Waals surface area contributed by atoms with Crippen LogP contribution < -0.4 is 5.32 Å². The summed E-state index contributed by atoms with van der Waals surface area (Å²) < 4.78 is 1.84. The molecule has 1 aliphatic carbocycles. The number of imidazole rings is 1. The number of nitrogens with one attached hydrogen (secondary N) is 1. The third-order valence-electron chi connectivity index (χ3n) is 5.27. The van der Waals surface area contributed by atoms with E-state index in [9.17, 15) is 5.11 Å². The molecular weight excluding hydrogens is 348 g/mol. The second-order valence-electron chi connectivity index (χ2n) is 7.65. The first-order valence-corrected chi connectivity index (χ1v) is 9.37. The van der Waals surface area contributed by atoms with E-state index in [1.54, 1.807) is 0 Å². The van der Waals surface area contributed by atoms with Gasteiger partial charge in [-0.05, 0) is 63.3 Å². The molecule has 1 saturated carbocycles. The Labute approximate surface area is 158 Å². The van der Waals surface area contributed by atoms with Crippen LogP contribution in [0.4, 0.5) is 5.82 Å². The predicted octanol–water partition coefficient (Wildman–Crippen LogP) is 4.40. The van der Waals surface area contributed by atoms with Gasteiger partial charge in [0.25, 0.3) is 0 Å². The average Bonchev–Trinajstić information content (AvgIpc) is 3.21. The van der Waals surface area contributed by atoms with Crippen LogP contribution in [0.15, 0.2) is 42.6 Å². The van der Waals surface area contributed by atoms with Crippen molar-refractivity contribution in [1.82, 2.24) is 14.6 Å². The summed E-state index contributed by atoms with van der Waals surface area (Å²) in [5.74, 6) is 1.14. The van der Waals surface area contributed by atoms with Crippen molar-refractivity contribution >= 4 is 23.1 Å². The molecule has 0 bridgehead atoms. The van der Waals surface area contributed by atoms with Crippen molar-refractivity contribution in [3.8, 4) is 11.3 Å². The molecule has 136 valence electrons. The number of aliphatic hydroxyl groups is 1. The minimum absolute atomic E-state index is 0.319. The molecule has 6 heteroatoms. The van der Waals surface area contributed by atoms with E-state index in [-0.39, 0.29) is 0 Å². The summed E-state index contributed by atoms with van der Waals surface area (Å²) in [6.07, 6.45) is 4.84. The zero-order valence-electron chi connectivity index (χ0n) is 15.0. The number of nitrogens with zero attached hydrogens (tertiary/aromatic N) is 3. The summed E-state index contributed by atoms with van der Waals surface area (Å²) in [5.41, 5.74) is 2.06. The Morgan fingerprint density at radius 1 is 1.23 bits per heavy atom.